The molecule has 0 unspecified atom stereocenters. The van der Waals surface area contributed by atoms with Crippen molar-refractivity contribution in [3.8, 4) is 5.75 Å². The second kappa shape index (κ2) is 11.2. The van der Waals surface area contributed by atoms with Gasteiger partial charge in [-0.05, 0) is 73.2 Å². The molecule has 0 bridgehead atoms. The number of halogens is 3. The van der Waals surface area contributed by atoms with Gasteiger partial charge in [-0.1, -0.05) is 45.2 Å². The lowest BCUT2D eigenvalue weighted by atomic mass is 10.1. The number of carbonyl (C=O) groups is 4. The predicted molar refractivity (Wildman–Crippen MR) is 145 cm³/mol. The molecule has 4 rings (SSSR count). The number of hydrogen-bond acceptors (Lipinski definition) is 5. The molecule has 0 atom stereocenters. The van der Waals surface area contributed by atoms with E-state index in [0.717, 1.165) is 10.5 Å². The number of amides is 5. The fourth-order valence-electron chi connectivity index (χ4n) is 3.41. The van der Waals surface area contributed by atoms with Crippen LogP contribution in [0.4, 0.5) is 16.2 Å². The zero-order valence-corrected chi connectivity index (χ0v) is 22.3. The van der Waals surface area contributed by atoms with E-state index in [2.05, 4.69) is 26.6 Å². The van der Waals surface area contributed by atoms with Gasteiger partial charge in [0.25, 0.3) is 17.7 Å². The van der Waals surface area contributed by atoms with Crippen LogP contribution in [0.15, 0.2) is 70.7 Å². The Morgan fingerprint density at radius 3 is 2.49 bits per heavy atom. The number of benzene rings is 3. The Hall–Kier alpha value is -3.66. The highest BCUT2D eigenvalue weighted by atomic mass is 79.9. The number of urea groups is 1. The van der Waals surface area contributed by atoms with Gasteiger partial charge >= 0.3 is 6.03 Å². The second-order valence-electron chi connectivity index (χ2n) is 7.92. The van der Waals surface area contributed by atoms with Crippen LogP contribution in [0.1, 0.15) is 11.1 Å². The van der Waals surface area contributed by atoms with E-state index in [4.69, 9.17) is 27.9 Å². The van der Waals surface area contributed by atoms with E-state index in [-0.39, 0.29) is 23.6 Å². The fourth-order valence-corrected chi connectivity index (χ4v) is 4.09. The SMILES string of the molecule is Cc1ccc(N2C(=O)NC(=O)/C(=C\c3cc(Br)ccc3OCC(=O)Nc3ccc(Cl)cc3)C2=O)cc1Cl. The molecule has 0 aromatic heterocycles. The summed E-state index contributed by atoms with van der Waals surface area (Å²) in [6.45, 7) is 1.44. The van der Waals surface area contributed by atoms with E-state index in [1.54, 1.807) is 61.5 Å². The highest BCUT2D eigenvalue weighted by Crippen LogP contribution is 2.29. The molecule has 8 nitrogen and oxygen atoms in total. The number of nitrogens with one attached hydrogen (secondary N) is 2. The van der Waals surface area contributed by atoms with Crippen molar-refractivity contribution in [3.05, 3.63) is 91.9 Å². The second-order valence-corrected chi connectivity index (χ2v) is 9.68. The van der Waals surface area contributed by atoms with Crippen LogP contribution >= 0.6 is 39.1 Å². The average Bonchev–Trinajstić information content (AvgIpc) is 2.84. The Bertz CT molecular complexity index is 1460. The number of barbiturate groups is 1. The minimum Gasteiger partial charge on any atom is -0.483 e. The summed E-state index contributed by atoms with van der Waals surface area (Å²) in [5, 5.41) is 5.75. The van der Waals surface area contributed by atoms with E-state index < -0.39 is 23.8 Å². The van der Waals surface area contributed by atoms with Crippen molar-refractivity contribution in [2.24, 2.45) is 0 Å². The van der Waals surface area contributed by atoms with Crippen molar-refractivity contribution in [2.45, 2.75) is 6.92 Å². The minimum absolute atomic E-state index is 0.209. The maximum Gasteiger partial charge on any atom is 0.335 e. The number of nitrogens with zero attached hydrogens (tertiary/aromatic N) is 1. The van der Waals surface area contributed by atoms with E-state index in [9.17, 15) is 19.2 Å². The minimum atomic E-state index is -0.892. The number of aryl methyl sites for hydroxylation is 1. The molecule has 3 aromatic carbocycles. The van der Waals surface area contributed by atoms with Crippen LogP contribution < -0.4 is 20.3 Å². The maximum absolute atomic E-state index is 13.2. The first kappa shape index (κ1) is 26.4. The lowest BCUT2D eigenvalue weighted by Gasteiger charge is -2.26. The topological polar surface area (TPSA) is 105 Å². The largest absolute Gasteiger partial charge is 0.483 e. The third-order valence-corrected chi connectivity index (χ3v) is 6.43. The number of rotatable bonds is 6. The van der Waals surface area contributed by atoms with Gasteiger partial charge in [0.2, 0.25) is 0 Å². The quantitative estimate of drug-likeness (QED) is 0.276. The third-order valence-electron chi connectivity index (χ3n) is 5.27. The van der Waals surface area contributed by atoms with Gasteiger partial charge < -0.3 is 10.1 Å². The summed E-state index contributed by atoms with van der Waals surface area (Å²) in [6, 6.07) is 15.3. The predicted octanol–water partition coefficient (Wildman–Crippen LogP) is 5.75. The van der Waals surface area contributed by atoms with Crippen LogP contribution in [-0.4, -0.2) is 30.4 Å². The van der Waals surface area contributed by atoms with Gasteiger partial charge in [0.05, 0.1) is 5.69 Å². The van der Waals surface area contributed by atoms with Gasteiger partial charge in [-0.15, -0.1) is 0 Å². The first-order chi connectivity index (χ1) is 17.6. The van der Waals surface area contributed by atoms with Crippen molar-refractivity contribution in [3.63, 3.8) is 0 Å². The number of ether oxygens (including phenoxy) is 1. The summed E-state index contributed by atoms with van der Waals surface area (Å²) < 4.78 is 6.32. The van der Waals surface area contributed by atoms with Crippen LogP contribution in [0.2, 0.25) is 10.0 Å². The highest BCUT2D eigenvalue weighted by molar-refractivity contribution is 9.10. The molecule has 11 heteroatoms. The molecule has 0 radical (unpaired) electrons. The molecule has 1 heterocycles. The van der Waals surface area contributed by atoms with E-state index in [1.807, 2.05) is 0 Å². The van der Waals surface area contributed by atoms with Gasteiger partial charge in [-0.2, -0.15) is 0 Å². The Morgan fingerprint density at radius 1 is 1.05 bits per heavy atom. The number of anilines is 2. The summed E-state index contributed by atoms with van der Waals surface area (Å²) in [4.78, 5) is 51.5. The average molecular weight is 603 g/mol. The molecular formula is C26H18BrCl2N3O5. The number of carbonyl (C=O) groups excluding carboxylic acids is 4. The smallest absolute Gasteiger partial charge is 0.335 e. The highest BCUT2D eigenvalue weighted by Gasteiger charge is 2.37. The normalized spacial score (nSPS) is 14.5. The zero-order chi connectivity index (χ0) is 26.7. The molecule has 0 spiro atoms. The van der Waals surface area contributed by atoms with Gasteiger partial charge in [0.15, 0.2) is 6.61 Å². The van der Waals surface area contributed by atoms with Gasteiger partial charge in [0, 0.05) is 25.8 Å². The van der Waals surface area contributed by atoms with Crippen molar-refractivity contribution < 1.29 is 23.9 Å². The molecule has 188 valence electrons. The molecule has 2 N–H and O–H groups in total. The third kappa shape index (κ3) is 6.19. The summed E-state index contributed by atoms with van der Waals surface area (Å²) in [6.07, 6.45) is 1.30. The van der Waals surface area contributed by atoms with E-state index in [0.29, 0.717) is 25.8 Å². The van der Waals surface area contributed by atoms with Crippen molar-refractivity contribution in [1.29, 1.82) is 0 Å². The molecule has 0 aliphatic carbocycles. The molecule has 1 aliphatic rings. The van der Waals surface area contributed by atoms with Crippen molar-refractivity contribution >= 4 is 80.3 Å². The molecule has 37 heavy (non-hydrogen) atoms. The van der Waals surface area contributed by atoms with Gasteiger partial charge in [-0.25, -0.2) is 9.69 Å². The molecule has 1 aliphatic heterocycles. The van der Waals surface area contributed by atoms with Gasteiger partial charge in [-0.3, -0.25) is 19.7 Å². The van der Waals surface area contributed by atoms with Crippen LogP contribution in [0.5, 0.6) is 5.75 Å². The fraction of sp³-hybridized carbons (Fsp3) is 0.0769. The Balaban J connectivity index is 1.58. The Kier molecular flexibility index (Phi) is 7.97. The van der Waals surface area contributed by atoms with Crippen molar-refractivity contribution in [2.75, 3.05) is 16.8 Å². The summed E-state index contributed by atoms with van der Waals surface area (Å²) >= 11 is 15.4. The molecule has 0 saturated carbocycles. The summed E-state index contributed by atoms with van der Waals surface area (Å²) in [5.74, 6) is -1.89. The van der Waals surface area contributed by atoms with E-state index in [1.165, 1.54) is 12.1 Å². The molecular weight excluding hydrogens is 585 g/mol. The first-order valence-electron chi connectivity index (χ1n) is 10.8. The molecule has 3 aromatic rings. The monoisotopic (exact) mass is 601 g/mol. The lowest BCUT2D eigenvalue weighted by Crippen LogP contribution is -2.54. The van der Waals surface area contributed by atoms with E-state index >= 15 is 0 Å². The molecule has 1 fully saturated rings. The first-order valence-corrected chi connectivity index (χ1v) is 12.3. The summed E-state index contributed by atoms with van der Waals surface area (Å²) in [5.41, 5.74) is 1.55. The molecule has 1 saturated heterocycles. The van der Waals surface area contributed by atoms with Crippen LogP contribution in [0.25, 0.3) is 6.08 Å². The zero-order valence-electron chi connectivity index (χ0n) is 19.2. The Labute approximate surface area is 230 Å². The van der Waals surface area contributed by atoms with Crippen LogP contribution in [0.3, 0.4) is 0 Å². The van der Waals surface area contributed by atoms with Crippen LogP contribution in [-0.2, 0) is 14.4 Å². The number of hydrogen-bond donors (Lipinski definition) is 2. The standard InChI is InChI=1S/C26H18BrCl2N3O5/c1-14-2-8-19(12-21(14)29)32-25(35)20(24(34)31-26(32)36)11-15-10-16(27)3-9-22(15)37-13-23(33)30-18-6-4-17(28)5-7-18/h2-12H,13H2,1H3,(H,30,33)(H,31,34,36)/b20-11+. The maximum atomic E-state index is 13.2. The summed E-state index contributed by atoms with van der Waals surface area (Å²) in [7, 11) is 0. The van der Waals surface area contributed by atoms with Crippen molar-refractivity contribution in [1.82, 2.24) is 5.32 Å². The van der Waals surface area contributed by atoms with Gasteiger partial charge in [0.1, 0.15) is 11.3 Å². The lowest BCUT2D eigenvalue weighted by molar-refractivity contribution is -0.122. The number of imide groups is 2. The Morgan fingerprint density at radius 2 is 1.78 bits per heavy atom. The van der Waals surface area contributed by atoms with Crippen LogP contribution in [0, 0.1) is 6.92 Å². The molecule has 5 amide bonds.